The number of hydrogen-bond acceptors (Lipinski definition) is 5. The second kappa shape index (κ2) is 8.49. The van der Waals surface area contributed by atoms with Gasteiger partial charge in [0.2, 0.25) is 15.9 Å². The molecule has 8 heteroatoms. The van der Waals surface area contributed by atoms with Crippen LogP contribution in [0, 0.1) is 6.92 Å². The molecule has 158 valence electrons. The fraction of sp³-hybridized carbons (Fsp3) is 0.130. The summed E-state index contributed by atoms with van der Waals surface area (Å²) >= 11 is 1.30. The maximum atomic E-state index is 12.6. The Labute approximate surface area is 185 Å². The van der Waals surface area contributed by atoms with Gasteiger partial charge < -0.3 is 5.32 Å². The van der Waals surface area contributed by atoms with E-state index in [1.807, 2.05) is 60.8 Å². The highest BCUT2D eigenvalue weighted by molar-refractivity contribution is 7.92. The number of nitrogens with one attached hydrogen (secondary N) is 1. The number of carbonyl (C=O) groups is 1. The van der Waals surface area contributed by atoms with Crippen molar-refractivity contribution in [3.8, 4) is 11.3 Å². The van der Waals surface area contributed by atoms with Crippen LogP contribution in [0.5, 0.6) is 0 Å². The molecule has 31 heavy (non-hydrogen) atoms. The molecular weight excluding hydrogens is 430 g/mol. The zero-order valence-corrected chi connectivity index (χ0v) is 18.7. The summed E-state index contributed by atoms with van der Waals surface area (Å²) in [5.74, 6) is -0.451. The molecule has 0 aliphatic heterocycles. The van der Waals surface area contributed by atoms with Crippen molar-refractivity contribution in [2.45, 2.75) is 6.92 Å². The number of benzene rings is 3. The van der Waals surface area contributed by atoms with Gasteiger partial charge in [0.25, 0.3) is 0 Å². The van der Waals surface area contributed by atoms with Crippen LogP contribution in [0.4, 0.5) is 10.8 Å². The third-order valence-corrected chi connectivity index (χ3v) is 6.75. The largest absolute Gasteiger partial charge is 0.300 e. The Morgan fingerprint density at radius 1 is 1.03 bits per heavy atom. The molecule has 1 amide bonds. The van der Waals surface area contributed by atoms with Crippen LogP contribution in [0.15, 0.2) is 72.1 Å². The Hall–Kier alpha value is -3.23. The highest BCUT2D eigenvalue weighted by Gasteiger charge is 2.22. The summed E-state index contributed by atoms with van der Waals surface area (Å²) in [7, 11) is -3.63. The van der Waals surface area contributed by atoms with E-state index in [1.54, 1.807) is 12.1 Å². The number of para-hydroxylation sites is 1. The van der Waals surface area contributed by atoms with E-state index in [2.05, 4.69) is 16.4 Å². The summed E-state index contributed by atoms with van der Waals surface area (Å²) in [6.07, 6.45) is 1.09. The Morgan fingerprint density at radius 2 is 1.74 bits per heavy atom. The zero-order valence-electron chi connectivity index (χ0n) is 17.1. The predicted molar refractivity (Wildman–Crippen MR) is 127 cm³/mol. The van der Waals surface area contributed by atoms with Crippen molar-refractivity contribution < 1.29 is 13.2 Å². The number of amides is 1. The molecule has 1 heterocycles. The van der Waals surface area contributed by atoms with E-state index in [4.69, 9.17) is 0 Å². The standard InChI is InChI=1S/C23H21N3O3S2/c1-16-7-3-6-10-21(16)26(31(2,28)29)14-22(27)25-23-24-20(15-30-23)19-12-11-17-8-4-5-9-18(17)13-19/h3-13,15H,14H2,1-2H3,(H,24,25,27). The van der Waals surface area contributed by atoms with Gasteiger partial charge in [-0.2, -0.15) is 0 Å². The van der Waals surface area contributed by atoms with Gasteiger partial charge >= 0.3 is 0 Å². The summed E-state index contributed by atoms with van der Waals surface area (Å²) in [6, 6.07) is 21.2. The Morgan fingerprint density at radius 3 is 2.48 bits per heavy atom. The molecule has 0 saturated heterocycles. The minimum absolute atomic E-state index is 0.325. The number of aryl methyl sites for hydroxylation is 1. The maximum absolute atomic E-state index is 12.6. The Balaban J connectivity index is 1.52. The summed E-state index contributed by atoms with van der Waals surface area (Å²) in [4.78, 5) is 17.1. The quantitative estimate of drug-likeness (QED) is 0.462. The average Bonchev–Trinajstić information content (AvgIpc) is 3.20. The molecule has 0 radical (unpaired) electrons. The number of thiazole rings is 1. The first-order valence-corrected chi connectivity index (χ1v) is 12.3. The highest BCUT2D eigenvalue weighted by atomic mass is 32.2. The average molecular weight is 452 g/mol. The van der Waals surface area contributed by atoms with Crippen LogP contribution in [-0.2, 0) is 14.8 Å². The van der Waals surface area contributed by atoms with Crippen molar-refractivity contribution in [3.63, 3.8) is 0 Å². The fourth-order valence-electron chi connectivity index (χ4n) is 3.33. The van der Waals surface area contributed by atoms with E-state index in [0.29, 0.717) is 10.8 Å². The van der Waals surface area contributed by atoms with Crippen LogP contribution in [0.3, 0.4) is 0 Å². The molecule has 4 aromatic rings. The Kier molecular flexibility index (Phi) is 5.75. The van der Waals surface area contributed by atoms with E-state index in [9.17, 15) is 13.2 Å². The number of hydrogen-bond donors (Lipinski definition) is 1. The van der Waals surface area contributed by atoms with Crippen molar-refractivity contribution in [1.29, 1.82) is 0 Å². The molecule has 1 aromatic heterocycles. The monoisotopic (exact) mass is 451 g/mol. The molecule has 0 aliphatic carbocycles. The van der Waals surface area contributed by atoms with Crippen LogP contribution < -0.4 is 9.62 Å². The van der Waals surface area contributed by atoms with Gasteiger partial charge in [-0.1, -0.05) is 54.6 Å². The summed E-state index contributed by atoms with van der Waals surface area (Å²) in [5, 5.41) is 7.27. The van der Waals surface area contributed by atoms with Crippen molar-refractivity contribution in [2.24, 2.45) is 0 Å². The lowest BCUT2D eigenvalue weighted by Crippen LogP contribution is -2.37. The molecule has 0 saturated carbocycles. The lowest BCUT2D eigenvalue weighted by molar-refractivity contribution is -0.114. The molecule has 0 atom stereocenters. The first-order valence-electron chi connectivity index (χ1n) is 9.59. The van der Waals surface area contributed by atoms with Gasteiger partial charge in [-0.3, -0.25) is 9.10 Å². The predicted octanol–water partition coefficient (Wildman–Crippen LogP) is 4.68. The van der Waals surface area contributed by atoms with Gasteiger partial charge in [-0.25, -0.2) is 13.4 Å². The smallest absolute Gasteiger partial charge is 0.246 e. The minimum Gasteiger partial charge on any atom is -0.300 e. The van der Waals surface area contributed by atoms with Crippen LogP contribution >= 0.6 is 11.3 Å². The first kappa shape index (κ1) is 21.0. The molecule has 0 fully saturated rings. The number of sulfonamides is 1. The number of anilines is 2. The number of carbonyl (C=O) groups excluding carboxylic acids is 1. The number of fused-ring (bicyclic) bond motifs is 1. The van der Waals surface area contributed by atoms with E-state index in [0.717, 1.165) is 38.2 Å². The third kappa shape index (κ3) is 4.76. The second-order valence-electron chi connectivity index (χ2n) is 7.20. The van der Waals surface area contributed by atoms with Crippen molar-refractivity contribution >= 4 is 48.9 Å². The second-order valence-corrected chi connectivity index (χ2v) is 9.97. The van der Waals surface area contributed by atoms with Crippen molar-refractivity contribution in [1.82, 2.24) is 4.98 Å². The minimum atomic E-state index is -3.63. The molecule has 0 aliphatic rings. The van der Waals surface area contributed by atoms with Crippen LogP contribution in [0.1, 0.15) is 5.56 Å². The Bertz CT molecular complexity index is 1360. The van der Waals surface area contributed by atoms with Crippen LogP contribution in [0.2, 0.25) is 0 Å². The van der Waals surface area contributed by atoms with Crippen molar-refractivity contribution in [3.05, 3.63) is 77.7 Å². The molecule has 6 nitrogen and oxygen atoms in total. The van der Waals surface area contributed by atoms with Crippen LogP contribution in [-0.4, -0.2) is 32.1 Å². The molecule has 1 N–H and O–H groups in total. The van der Waals surface area contributed by atoms with E-state index < -0.39 is 15.9 Å². The maximum Gasteiger partial charge on any atom is 0.246 e. The SMILES string of the molecule is Cc1ccccc1N(CC(=O)Nc1nc(-c2ccc3ccccc3c2)cs1)S(C)(=O)=O. The summed E-state index contributed by atoms with van der Waals surface area (Å²) in [6.45, 7) is 1.48. The van der Waals surface area contributed by atoms with Crippen molar-refractivity contribution in [2.75, 3.05) is 22.4 Å². The van der Waals surface area contributed by atoms with Gasteiger partial charge in [0, 0.05) is 10.9 Å². The molecule has 0 bridgehead atoms. The van der Waals surface area contributed by atoms with Gasteiger partial charge in [-0.05, 0) is 35.4 Å². The third-order valence-electron chi connectivity index (χ3n) is 4.87. The molecular formula is C23H21N3O3S2. The molecule has 4 rings (SSSR count). The number of aromatic nitrogens is 1. The van der Waals surface area contributed by atoms with E-state index >= 15 is 0 Å². The number of rotatable bonds is 6. The molecule has 0 spiro atoms. The van der Waals surface area contributed by atoms with Gasteiger partial charge in [0.1, 0.15) is 6.54 Å². The molecule has 3 aromatic carbocycles. The van der Waals surface area contributed by atoms with Gasteiger partial charge in [-0.15, -0.1) is 11.3 Å². The summed E-state index contributed by atoms with van der Waals surface area (Å²) in [5.41, 5.74) is 2.96. The van der Waals surface area contributed by atoms with E-state index in [1.165, 1.54) is 11.3 Å². The normalized spacial score (nSPS) is 11.4. The van der Waals surface area contributed by atoms with E-state index in [-0.39, 0.29) is 6.54 Å². The fourth-order valence-corrected chi connectivity index (χ4v) is 4.98. The zero-order chi connectivity index (χ0) is 22.0. The summed E-state index contributed by atoms with van der Waals surface area (Å²) < 4.78 is 25.7. The van der Waals surface area contributed by atoms with Crippen LogP contribution in [0.25, 0.3) is 22.0 Å². The lowest BCUT2D eigenvalue weighted by Gasteiger charge is -2.23. The first-order chi connectivity index (χ1) is 14.8. The van der Waals surface area contributed by atoms with Gasteiger partial charge in [0.05, 0.1) is 17.6 Å². The topological polar surface area (TPSA) is 79.4 Å². The highest BCUT2D eigenvalue weighted by Crippen LogP contribution is 2.28. The number of nitrogens with zero attached hydrogens (tertiary/aromatic N) is 2. The molecule has 0 unspecified atom stereocenters. The van der Waals surface area contributed by atoms with Gasteiger partial charge in [0.15, 0.2) is 5.13 Å². The lowest BCUT2D eigenvalue weighted by atomic mass is 10.1.